The monoisotopic (exact) mass is 641 g/mol. The molecule has 3 aromatic carbocycles. The van der Waals surface area contributed by atoms with Crippen molar-refractivity contribution in [1.29, 1.82) is 0 Å². The van der Waals surface area contributed by atoms with Gasteiger partial charge < -0.3 is 20.1 Å². The highest BCUT2D eigenvalue weighted by atomic mass is 35.5. The van der Waals surface area contributed by atoms with Crippen molar-refractivity contribution in [3.05, 3.63) is 52.8 Å². The molecule has 45 heavy (non-hydrogen) atoms. The zero-order valence-electron chi connectivity index (χ0n) is 24.6. The summed E-state index contributed by atoms with van der Waals surface area (Å²) in [6, 6.07) is 6.32. The fourth-order valence-electron chi connectivity index (χ4n) is 8.24. The second-order valence-electron chi connectivity index (χ2n) is 13.4. The van der Waals surface area contributed by atoms with Crippen LogP contribution >= 0.6 is 11.6 Å². The van der Waals surface area contributed by atoms with E-state index in [0.717, 1.165) is 44.4 Å². The summed E-state index contributed by atoms with van der Waals surface area (Å²) in [4.78, 5) is 13.3. The summed E-state index contributed by atoms with van der Waals surface area (Å²) in [5, 5.41) is 14.3. The Morgan fingerprint density at radius 1 is 1.11 bits per heavy atom. The molecule has 4 fully saturated rings. The van der Waals surface area contributed by atoms with E-state index in [9.17, 15) is 13.9 Å². The van der Waals surface area contributed by atoms with Gasteiger partial charge in [-0.2, -0.15) is 9.97 Å². The van der Waals surface area contributed by atoms with Gasteiger partial charge >= 0.3 is 6.01 Å². The van der Waals surface area contributed by atoms with Gasteiger partial charge in [0, 0.05) is 54.0 Å². The van der Waals surface area contributed by atoms with E-state index in [-0.39, 0.29) is 56.8 Å². The molecule has 7 nitrogen and oxygen atoms in total. The highest BCUT2D eigenvalue weighted by Gasteiger charge is 2.49. The molecule has 2 bridgehead atoms. The number of phenols is 1. The topological polar surface area (TPSA) is 73.8 Å². The maximum absolute atomic E-state index is 16.8. The largest absolute Gasteiger partial charge is 0.508 e. The van der Waals surface area contributed by atoms with Gasteiger partial charge in [0.1, 0.15) is 41.5 Å². The minimum atomic E-state index is -1.01. The van der Waals surface area contributed by atoms with Crippen LogP contribution in [0.1, 0.15) is 39.0 Å². The Kier molecular flexibility index (Phi) is 6.64. The molecular weight excluding hydrogens is 610 g/mol. The molecule has 4 aliphatic rings. The number of aromatic nitrogens is 2. The number of hydrogen-bond donors (Lipinski definition) is 2. The number of hydrogen-bond acceptors (Lipinski definition) is 7. The van der Waals surface area contributed by atoms with Gasteiger partial charge in [-0.25, -0.2) is 17.6 Å². The Balaban J connectivity index is 1.30. The van der Waals surface area contributed by atoms with Gasteiger partial charge in [0.15, 0.2) is 5.82 Å². The van der Waals surface area contributed by atoms with Gasteiger partial charge in [0.05, 0.1) is 16.1 Å². The van der Waals surface area contributed by atoms with Crippen LogP contribution in [-0.4, -0.2) is 76.1 Å². The number of phenolic OH excluding ortho intramolecular Hbond substituents is 1. The lowest BCUT2D eigenvalue weighted by molar-refractivity contribution is 0.107. The Hall–Kier alpha value is -3.41. The van der Waals surface area contributed by atoms with E-state index in [0.29, 0.717) is 37.3 Å². The molecule has 0 saturated carbocycles. The quantitative estimate of drug-likeness (QED) is 0.241. The molecule has 1 aromatic heterocycles. The fourth-order valence-corrected chi connectivity index (χ4v) is 8.52. The summed E-state index contributed by atoms with van der Waals surface area (Å²) >= 11 is 6.32. The number of anilines is 1. The second-order valence-corrected chi connectivity index (χ2v) is 13.8. The molecule has 4 aliphatic heterocycles. The van der Waals surface area contributed by atoms with Gasteiger partial charge in [0.2, 0.25) is 0 Å². The summed E-state index contributed by atoms with van der Waals surface area (Å²) in [6.07, 6.45) is 3.03. The zero-order chi connectivity index (χ0) is 31.2. The molecule has 0 radical (unpaired) electrons. The Morgan fingerprint density at radius 3 is 2.78 bits per heavy atom. The lowest BCUT2D eigenvalue weighted by atomic mass is 9.95. The average molecular weight is 642 g/mol. The van der Waals surface area contributed by atoms with Crippen LogP contribution in [0.4, 0.5) is 23.4 Å². The molecule has 0 spiro atoms. The summed E-state index contributed by atoms with van der Waals surface area (Å²) in [7, 11) is 0. The molecule has 4 atom stereocenters. The Morgan fingerprint density at radius 2 is 1.96 bits per heavy atom. The minimum Gasteiger partial charge on any atom is -0.508 e. The van der Waals surface area contributed by atoms with Gasteiger partial charge in [-0.05, 0) is 68.8 Å². The van der Waals surface area contributed by atoms with Crippen molar-refractivity contribution in [3.63, 3.8) is 0 Å². The molecule has 0 aliphatic carbocycles. The lowest BCUT2D eigenvalue weighted by Gasteiger charge is -2.40. The molecule has 236 valence electrons. The molecule has 0 unspecified atom stereocenters. The van der Waals surface area contributed by atoms with Crippen LogP contribution in [0.5, 0.6) is 11.8 Å². The highest BCUT2D eigenvalue weighted by molar-refractivity contribution is 6.37. The molecule has 4 aromatic rings. The summed E-state index contributed by atoms with van der Waals surface area (Å²) < 4.78 is 68.2. The van der Waals surface area contributed by atoms with Crippen molar-refractivity contribution >= 4 is 39.1 Å². The van der Waals surface area contributed by atoms with Crippen molar-refractivity contribution < 1.29 is 27.4 Å². The third-order valence-corrected chi connectivity index (χ3v) is 10.6. The fraction of sp³-hybridized carbons (Fsp3) is 0.455. The van der Waals surface area contributed by atoms with E-state index >= 15 is 8.78 Å². The molecule has 2 N–H and O–H groups in total. The number of halogens is 5. The van der Waals surface area contributed by atoms with Gasteiger partial charge in [0.25, 0.3) is 0 Å². The highest BCUT2D eigenvalue weighted by Crippen LogP contribution is 2.44. The number of nitrogens with zero attached hydrogens (tertiary/aromatic N) is 4. The van der Waals surface area contributed by atoms with Crippen LogP contribution < -0.4 is 15.0 Å². The SMILES string of the molecule is C[C@@]12CC[C@H](CN(c3nc(OC[C@@]45CCCN4C[C@H](F)C5)nc4c(F)c(-c5cc(O)cc6ccc(F)c(Cl)c56)c(F)cc34)C1)N2. The minimum absolute atomic E-state index is 0.0615. The molecule has 5 heterocycles. The predicted molar refractivity (Wildman–Crippen MR) is 164 cm³/mol. The summed E-state index contributed by atoms with van der Waals surface area (Å²) in [5.74, 6) is -2.63. The maximum Gasteiger partial charge on any atom is 0.319 e. The number of rotatable bonds is 5. The van der Waals surface area contributed by atoms with E-state index in [2.05, 4.69) is 22.1 Å². The molecule has 12 heteroatoms. The first kappa shape index (κ1) is 29.0. The number of ether oxygens (including phenoxy) is 1. The van der Waals surface area contributed by atoms with Crippen LogP contribution in [0.2, 0.25) is 5.02 Å². The number of alkyl halides is 1. The van der Waals surface area contributed by atoms with Crippen LogP contribution in [0.15, 0.2) is 30.3 Å². The van der Waals surface area contributed by atoms with Crippen molar-refractivity contribution in [2.45, 2.75) is 62.3 Å². The molecule has 8 rings (SSSR count). The van der Waals surface area contributed by atoms with Crippen molar-refractivity contribution in [1.82, 2.24) is 20.2 Å². The lowest BCUT2D eigenvalue weighted by Crippen LogP contribution is -2.58. The third-order valence-electron chi connectivity index (χ3n) is 10.2. The van der Waals surface area contributed by atoms with Gasteiger partial charge in [-0.1, -0.05) is 17.7 Å². The molecule has 4 saturated heterocycles. The second kappa shape index (κ2) is 10.3. The number of piperazine rings is 1. The summed E-state index contributed by atoms with van der Waals surface area (Å²) in [6.45, 7) is 4.55. The maximum atomic E-state index is 16.8. The number of fused-ring (bicyclic) bond motifs is 5. The Labute approximate surface area is 262 Å². The van der Waals surface area contributed by atoms with E-state index in [1.165, 1.54) is 18.2 Å². The van der Waals surface area contributed by atoms with Gasteiger partial charge in [-0.3, -0.25) is 4.90 Å². The molecule has 0 amide bonds. The van der Waals surface area contributed by atoms with Crippen LogP contribution in [0.3, 0.4) is 0 Å². The average Bonchev–Trinajstić information content (AvgIpc) is 3.61. The first-order valence-electron chi connectivity index (χ1n) is 15.4. The van der Waals surface area contributed by atoms with Crippen LogP contribution in [0, 0.1) is 17.5 Å². The number of aromatic hydroxyl groups is 1. The standard InChI is InChI=1S/C33H32ClF4N5O2/c1-32-7-5-19(41-32)14-42(15-32)30-22-11-24(37)26(21-10-20(44)9-17-3-4-23(36)27(34)25(17)21)28(38)29(22)39-31(40-30)45-16-33-6-2-8-43(33)13-18(35)12-33/h3-4,9-11,18-19,41,44H,2,5-8,12-16H2,1H3/t18-,19-,32-,33+/m1/s1. The third kappa shape index (κ3) is 4.68. The zero-order valence-corrected chi connectivity index (χ0v) is 25.4. The first-order valence-corrected chi connectivity index (χ1v) is 15.8. The number of nitrogens with one attached hydrogen (secondary N) is 1. The van der Waals surface area contributed by atoms with Crippen LogP contribution in [-0.2, 0) is 0 Å². The summed E-state index contributed by atoms with van der Waals surface area (Å²) in [5.41, 5.74) is -1.46. The first-order chi connectivity index (χ1) is 21.5. The Bertz CT molecular complexity index is 1880. The normalized spacial score (nSPS) is 28.0. The van der Waals surface area contributed by atoms with E-state index in [1.54, 1.807) is 0 Å². The van der Waals surface area contributed by atoms with Crippen molar-refractivity contribution in [2.24, 2.45) is 0 Å². The van der Waals surface area contributed by atoms with Crippen molar-refractivity contribution in [3.8, 4) is 22.9 Å². The predicted octanol–water partition coefficient (Wildman–Crippen LogP) is 6.51. The molecular formula is C33H32ClF4N5O2. The van der Waals surface area contributed by atoms with Crippen LogP contribution in [0.25, 0.3) is 32.8 Å². The van der Waals surface area contributed by atoms with Crippen molar-refractivity contribution in [2.75, 3.05) is 37.7 Å². The van der Waals surface area contributed by atoms with E-state index in [4.69, 9.17) is 21.3 Å². The van der Waals surface area contributed by atoms with Gasteiger partial charge in [-0.15, -0.1) is 0 Å². The van der Waals surface area contributed by atoms with E-state index < -0.39 is 34.7 Å². The number of benzene rings is 3. The smallest absolute Gasteiger partial charge is 0.319 e. The van der Waals surface area contributed by atoms with E-state index in [1.807, 2.05) is 4.90 Å².